The molecule has 1 aliphatic rings. The van der Waals surface area contributed by atoms with Crippen LogP contribution in [0.25, 0.3) is 10.8 Å². The molecule has 2 aromatic rings. The highest BCUT2D eigenvalue weighted by Crippen LogP contribution is 2.27. The van der Waals surface area contributed by atoms with Crippen molar-refractivity contribution in [2.45, 2.75) is 6.42 Å². The molecule has 1 aromatic heterocycles. The molecule has 3 rings (SSSR count). The lowest BCUT2D eigenvalue weighted by molar-refractivity contribution is -0.117. The molecule has 1 fully saturated rings. The predicted molar refractivity (Wildman–Crippen MR) is 81.8 cm³/mol. The van der Waals surface area contributed by atoms with Crippen molar-refractivity contribution < 1.29 is 13.2 Å². The van der Waals surface area contributed by atoms with Crippen molar-refractivity contribution >= 4 is 42.2 Å². The topological polar surface area (TPSA) is 67.3 Å². The van der Waals surface area contributed by atoms with Crippen LogP contribution in [0, 0.1) is 5.92 Å². The molecule has 1 unspecified atom stereocenters. The Hall–Kier alpha value is -1.66. The molecule has 21 heavy (non-hydrogen) atoms. The van der Waals surface area contributed by atoms with E-state index in [1.807, 2.05) is 30.3 Å². The molecular formula is C14H13ClN2O3S. The summed E-state index contributed by atoms with van der Waals surface area (Å²) in [6.45, 7) is 0.329. The summed E-state index contributed by atoms with van der Waals surface area (Å²) in [4.78, 5) is 17.9. The number of hydrogen-bond donors (Lipinski definition) is 0. The molecule has 0 N–H and O–H groups in total. The number of hydrogen-bond acceptors (Lipinski definition) is 4. The first-order valence-electron chi connectivity index (χ1n) is 6.50. The summed E-state index contributed by atoms with van der Waals surface area (Å²) in [6, 6.07) is 9.57. The van der Waals surface area contributed by atoms with Gasteiger partial charge in [-0.25, -0.2) is 13.4 Å². The van der Waals surface area contributed by atoms with Crippen LogP contribution in [0.1, 0.15) is 6.42 Å². The molecule has 5 nitrogen and oxygen atoms in total. The van der Waals surface area contributed by atoms with Crippen LogP contribution in [0.15, 0.2) is 36.5 Å². The zero-order valence-corrected chi connectivity index (χ0v) is 12.6. The molecule has 7 heteroatoms. The van der Waals surface area contributed by atoms with Crippen molar-refractivity contribution in [1.29, 1.82) is 0 Å². The summed E-state index contributed by atoms with van der Waals surface area (Å²) in [5.41, 5.74) is 0. The first-order chi connectivity index (χ1) is 9.92. The van der Waals surface area contributed by atoms with Gasteiger partial charge in [0, 0.05) is 41.1 Å². The lowest BCUT2D eigenvalue weighted by atomic mass is 10.1. The highest BCUT2D eigenvalue weighted by atomic mass is 35.7. The molecular weight excluding hydrogens is 312 g/mol. The molecule has 0 aliphatic carbocycles. The number of halogens is 1. The molecule has 0 radical (unpaired) electrons. The van der Waals surface area contributed by atoms with Gasteiger partial charge in [0.15, 0.2) is 0 Å². The Kier molecular flexibility index (Phi) is 3.59. The number of nitrogens with zero attached hydrogens (tertiary/aromatic N) is 2. The van der Waals surface area contributed by atoms with Gasteiger partial charge in [-0.1, -0.05) is 24.3 Å². The molecule has 110 valence electrons. The molecule has 1 atom stereocenters. The maximum Gasteiger partial charge on any atom is 0.232 e. The third kappa shape index (κ3) is 3.16. The molecule has 0 spiro atoms. The molecule has 0 bridgehead atoms. The van der Waals surface area contributed by atoms with Crippen molar-refractivity contribution in [3.8, 4) is 0 Å². The predicted octanol–water partition coefficient (Wildman–Crippen LogP) is 2.16. The van der Waals surface area contributed by atoms with Gasteiger partial charge in [0.2, 0.25) is 15.0 Å². The van der Waals surface area contributed by atoms with Crippen molar-refractivity contribution in [3.05, 3.63) is 36.5 Å². The summed E-state index contributed by atoms with van der Waals surface area (Å²) < 4.78 is 22.3. The van der Waals surface area contributed by atoms with Crippen molar-refractivity contribution in [2.24, 2.45) is 5.92 Å². The van der Waals surface area contributed by atoms with E-state index in [1.54, 1.807) is 6.20 Å². The fourth-order valence-electron chi connectivity index (χ4n) is 2.62. The first-order valence-corrected chi connectivity index (χ1v) is 8.98. The summed E-state index contributed by atoms with van der Waals surface area (Å²) in [5, 5.41) is 1.98. The fraction of sp³-hybridized carbons (Fsp3) is 0.286. The van der Waals surface area contributed by atoms with Crippen molar-refractivity contribution in [2.75, 3.05) is 17.2 Å². The maximum absolute atomic E-state index is 12.1. The Labute approximate surface area is 127 Å². The van der Waals surface area contributed by atoms with Gasteiger partial charge in [-0.3, -0.25) is 9.69 Å². The van der Waals surface area contributed by atoms with Gasteiger partial charge in [-0.15, -0.1) is 0 Å². The quantitative estimate of drug-likeness (QED) is 0.811. The van der Waals surface area contributed by atoms with Crippen LogP contribution in [-0.2, 0) is 13.8 Å². The number of anilines is 1. The molecule has 1 saturated heterocycles. The molecule has 1 aliphatic heterocycles. The number of carbonyl (C=O) groups is 1. The Morgan fingerprint density at radius 3 is 2.71 bits per heavy atom. The van der Waals surface area contributed by atoms with E-state index in [1.165, 1.54) is 4.90 Å². The smallest absolute Gasteiger partial charge is 0.232 e. The van der Waals surface area contributed by atoms with E-state index in [-0.39, 0.29) is 24.0 Å². The number of amides is 1. The lowest BCUT2D eigenvalue weighted by Crippen LogP contribution is -2.26. The zero-order chi connectivity index (χ0) is 15.0. The third-order valence-corrected chi connectivity index (χ3v) is 4.78. The van der Waals surface area contributed by atoms with E-state index >= 15 is 0 Å². The number of benzene rings is 1. The monoisotopic (exact) mass is 324 g/mol. The average molecular weight is 325 g/mol. The summed E-state index contributed by atoms with van der Waals surface area (Å²) >= 11 is 0. The van der Waals surface area contributed by atoms with Crippen molar-refractivity contribution in [1.82, 2.24) is 4.98 Å². The number of pyridine rings is 1. The van der Waals surface area contributed by atoms with Crippen LogP contribution < -0.4 is 4.90 Å². The number of aromatic nitrogens is 1. The van der Waals surface area contributed by atoms with Gasteiger partial charge >= 0.3 is 0 Å². The standard InChI is InChI=1S/C14H13ClN2O3S/c15-21(19,20)9-10-5-14(18)17(8-10)13-6-11-3-1-2-4-12(11)7-16-13/h1-4,6-7,10H,5,8-9H2. The van der Waals surface area contributed by atoms with E-state index < -0.39 is 9.05 Å². The van der Waals surface area contributed by atoms with Crippen LogP contribution in [-0.4, -0.2) is 31.6 Å². The van der Waals surface area contributed by atoms with Gasteiger partial charge in [0.1, 0.15) is 5.82 Å². The van der Waals surface area contributed by atoms with Crippen LogP contribution in [0.3, 0.4) is 0 Å². The highest BCUT2D eigenvalue weighted by molar-refractivity contribution is 8.13. The summed E-state index contributed by atoms with van der Waals surface area (Å²) in [7, 11) is 1.66. The van der Waals surface area contributed by atoms with Crippen molar-refractivity contribution in [3.63, 3.8) is 0 Å². The number of fused-ring (bicyclic) bond motifs is 1. The molecule has 1 aromatic carbocycles. The van der Waals surface area contributed by atoms with Gasteiger partial charge in [-0.2, -0.15) is 0 Å². The van der Waals surface area contributed by atoms with Crippen LogP contribution in [0.4, 0.5) is 5.82 Å². The van der Waals surface area contributed by atoms with E-state index in [9.17, 15) is 13.2 Å². The number of rotatable bonds is 3. The van der Waals surface area contributed by atoms with E-state index in [2.05, 4.69) is 4.98 Å². The van der Waals surface area contributed by atoms with E-state index in [4.69, 9.17) is 10.7 Å². The van der Waals surface area contributed by atoms with Gasteiger partial charge in [0.05, 0.1) is 5.75 Å². The van der Waals surface area contributed by atoms with E-state index in [0.29, 0.717) is 12.4 Å². The first kappa shape index (κ1) is 14.3. The van der Waals surface area contributed by atoms with Crippen LogP contribution in [0.2, 0.25) is 0 Å². The lowest BCUT2D eigenvalue weighted by Gasteiger charge is -2.15. The second-order valence-corrected chi connectivity index (χ2v) is 7.99. The summed E-state index contributed by atoms with van der Waals surface area (Å²) in [6.07, 6.45) is 1.89. The molecule has 2 heterocycles. The third-order valence-electron chi connectivity index (χ3n) is 3.53. The normalized spacial score (nSPS) is 19.4. The average Bonchev–Trinajstić information content (AvgIpc) is 2.76. The maximum atomic E-state index is 12.1. The Morgan fingerprint density at radius 2 is 2.00 bits per heavy atom. The Balaban J connectivity index is 1.87. The Morgan fingerprint density at radius 1 is 1.29 bits per heavy atom. The fourth-order valence-corrected chi connectivity index (χ4v) is 3.94. The molecule has 1 amide bonds. The minimum absolute atomic E-state index is 0.122. The minimum Gasteiger partial charge on any atom is -0.296 e. The zero-order valence-electron chi connectivity index (χ0n) is 11.1. The Bertz CT molecular complexity index is 807. The van der Waals surface area contributed by atoms with Gasteiger partial charge in [-0.05, 0) is 11.5 Å². The van der Waals surface area contributed by atoms with Gasteiger partial charge < -0.3 is 0 Å². The second-order valence-electron chi connectivity index (χ2n) is 5.17. The number of carbonyl (C=O) groups excluding carboxylic acids is 1. The van der Waals surface area contributed by atoms with E-state index in [0.717, 1.165) is 10.8 Å². The van der Waals surface area contributed by atoms with Gasteiger partial charge in [0.25, 0.3) is 0 Å². The summed E-state index contributed by atoms with van der Waals surface area (Å²) in [5.74, 6) is -0.0470. The minimum atomic E-state index is -3.60. The largest absolute Gasteiger partial charge is 0.296 e. The van der Waals surface area contributed by atoms with Crippen LogP contribution >= 0.6 is 10.7 Å². The molecule has 0 saturated carbocycles. The van der Waals surface area contributed by atoms with Crippen LogP contribution in [0.5, 0.6) is 0 Å². The SMILES string of the molecule is O=C1CC(CS(=O)(=O)Cl)CN1c1cc2ccccc2cn1. The second kappa shape index (κ2) is 5.27. The highest BCUT2D eigenvalue weighted by Gasteiger charge is 2.33.